The van der Waals surface area contributed by atoms with Gasteiger partial charge in [0.25, 0.3) is 0 Å². The molecule has 0 radical (unpaired) electrons. The van der Waals surface area contributed by atoms with Crippen LogP contribution in [0.5, 0.6) is 0 Å². The van der Waals surface area contributed by atoms with Gasteiger partial charge in [0.05, 0.1) is 6.61 Å². The smallest absolute Gasteiger partial charge is 0.154 e. The van der Waals surface area contributed by atoms with Crippen LogP contribution in [0.25, 0.3) is 0 Å². The molecule has 0 bridgehead atoms. The van der Waals surface area contributed by atoms with E-state index in [-0.39, 0.29) is 6.61 Å². The third-order valence-corrected chi connectivity index (χ3v) is 1.42. The molecule has 0 amide bonds. The molecule has 1 nitrogen and oxygen atoms in total. The van der Waals surface area contributed by atoms with Gasteiger partial charge in [0.15, 0.2) is 6.17 Å². The minimum absolute atomic E-state index is 0.113. The second kappa shape index (κ2) is 6.53. The Kier molecular flexibility index (Phi) is 6.42. The molecule has 2 unspecified atom stereocenters. The van der Waals surface area contributed by atoms with E-state index in [0.717, 1.165) is 12.8 Å². The van der Waals surface area contributed by atoms with E-state index >= 15 is 0 Å². The fraction of sp³-hybridized carbons (Fsp3) is 1.00. The van der Waals surface area contributed by atoms with Crippen molar-refractivity contribution in [3.05, 3.63) is 0 Å². The molecule has 0 aromatic heterocycles. The van der Waals surface area contributed by atoms with E-state index < -0.39 is 12.3 Å². The molecule has 0 aliphatic heterocycles. The first-order chi connectivity index (χ1) is 5.18. The van der Waals surface area contributed by atoms with Gasteiger partial charge in [-0.15, -0.1) is 0 Å². The molecule has 0 fully saturated rings. The van der Waals surface area contributed by atoms with Gasteiger partial charge in [-0.05, 0) is 13.3 Å². The first-order valence-corrected chi connectivity index (χ1v) is 4.04. The zero-order chi connectivity index (χ0) is 8.69. The van der Waals surface area contributed by atoms with Gasteiger partial charge in [0.2, 0.25) is 0 Å². The first kappa shape index (κ1) is 10.8. The molecule has 3 heteroatoms. The van der Waals surface area contributed by atoms with Gasteiger partial charge in [0, 0.05) is 6.61 Å². The van der Waals surface area contributed by atoms with Gasteiger partial charge >= 0.3 is 0 Å². The Hall–Kier alpha value is -0.180. The van der Waals surface area contributed by atoms with E-state index in [2.05, 4.69) is 0 Å². The molecule has 0 aliphatic carbocycles. The highest BCUT2D eigenvalue weighted by Gasteiger charge is 2.14. The van der Waals surface area contributed by atoms with Crippen LogP contribution in [0.2, 0.25) is 0 Å². The summed E-state index contributed by atoms with van der Waals surface area (Å²) < 4.78 is 29.5. The molecule has 0 rings (SSSR count). The SMILES string of the molecule is CCCCOCC(F)C(C)F. The Morgan fingerprint density at radius 2 is 2.00 bits per heavy atom. The second-order valence-electron chi connectivity index (χ2n) is 2.62. The largest absolute Gasteiger partial charge is 0.378 e. The van der Waals surface area contributed by atoms with E-state index in [1.54, 1.807) is 0 Å². The Bertz CT molecular complexity index is 86.2. The summed E-state index contributed by atoms with van der Waals surface area (Å²) in [5, 5.41) is 0. The zero-order valence-electron chi connectivity index (χ0n) is 7.15. The van der Waals surface area contributed by atoms with Crippen molar-refractivity contribution in [2.75, 3.05) is 13.2 Å². The summed E-state index contributed by atoms with van der Waals surface area (Å²) in [7, 11) is 0. The predicted molar refractivity (Wildman–Crippen MR) is 41.2 cm³/mol. The fourth-order valence-electron chi connectivity index (χ4n) is 0.575. The number of unbranched alkanes of at least 4 members (excludes halogenated alkanes) is 1. The van der Waals surface area contributed by atoms with Crippen LogP contribution in [0.4, 0.5) is 8.78 Å². The molecule has 0 aliphatic rings. The van der Waals surface area contributed by atoms with E-state index in [1.165, 1.54) is 6.92 Å². The van der Waals surface area contributed by atoms with Crippen molar-refractivity contribution < 1.29 is 13.5 Å². The third kappa shape index (κ3) is 6.23. The Morgan fingerprint density at radius 1 is 1.36 bits per heavy atom. The Labute approximate surface area is 66.7 Å². The maximum Gasteiger partial charge on any atom is 0.154 e. The van der Waals surface area contributed by atoms with Crippen molar-refractivity contribution in [1.82, 2.24) is 0 Å². The van der Waals surface area contributed by atoms with Crippen molar-refractivity contribution >= 4 is 0 Å². The number of halogens is 2. The predicted octanol–water partition coefficient (Wildman–Crippen LogP) is 2.50. The number of rotatable bonds is 6. The van der Waals surface area contributed by atoms with E-state index in [0.29, 0.717) is 6.61 Å². The highest BCUT2D eigenvalue weighted by molar-refractivity contribution is 4.60. The van der Waals surface area contributed by atoms with Gasteiger partial charge in [0.1, 0.15) is 6.17 Å². The van der Waals surface area contributed by atoms with Crippen LogP contribution >= 0.6 is 0 Å². The van der Waals surface area contributed by atoms with Gasteiger partial charge in [-0.2, -0.15) is 0 Å². The molecule has 0 aromatic rings. The number of hydrogen-bond acceptors (Lipinski definition) is 1. The highest BCUT2D eigenvalue weighted by atomic mass is 19.2. The molecule has 0 saturated heterocycles. The summed E-state index contributed by atoms with van der Waals surface area (Å²) >= 11 is 0. The first-order valence-electron chi connectivity index (χ1n) is 4.04. The summed E-state index contributed by atoms with van der Waals surface area (Å²) in [5.74, 6) is 0. The zero-order valence-corrected chi connectivity index (χ0v) is 7.15. The fourth-order valence-corrected chi connectivity index (χ4v) is 0.575. The molecule has 0 aromatic carbocycles. The molecule has 2 atom stereocenters. The number of ether oxygens (including phenoxy) is 1. The lowest BCUT2D eigenvalue weighted by atomic mass is 10.3. The molecule has 0 N–H and O–H groups in total. The van der Waals surface area contributed by atoms with E-state index in [1.807, 2.05) is 6.92 Å². The lowest BCUT2D eigenvalue weighted by Crippen LogP contribution is -2.20. The van der Waals surface area contributed by atoms with Gasteiger partial charge < -0.3 is 4.74 Å². The molecule has 0 heterocycles. The standard InChI is InChI=1S/C8H16F2O/c1-3-4-5-11-6-8(10)7(2)9/h7-8H,3-6H2,1-2H3. The Balaban J connectivity index is 3.10. The Morgan fingerprint density at radius 3 is 2.45 bits per heavy atom. The highest BCUT2D eigenvalue weighted by Crippen LogP contribution is 2.03. The lowest BCUT2D eigenvalue weighted by molar-refractivity contribution is 0.0456. The normalized spacial score (nSPS) is 16.4. The van der Waals surface area contributed by atoms with Crippen LogP contribution in [-0.4, -0.2) is 25.6 Å². The molecule has 68 valence electrons. The molecule has 0 spiro atoms. The summed E-state index contributed by atoms with van der Waals surface area (Å²) in [6.07, 6.45) is -0.960. The van der Waals surface area contributed by atoms with Crippen molar-refractivity contribution in [3.8, 4) is 0 Å². The van der Waals surface area contributed by atoms with Gasteiger partial charge in [-0.3, -0.25) is 0 Å². The maximum absolute atomic E-state index is 12.5. The van der Waals surface area contributed by atoms with Crippen LogP contribution in [0.1, 0.15) is 26.7 Å². The average molecular weight is 166 g/mol. The van der Waals surface area contributed by atoms with Crippen molar-refractivity contribution in [2.24, 2.45) is 0 Å². The quantitative estimate of drug-likeness (QED) is 0.551. The van der Waals surface area contributed by atoms with Crippen LogP contribution in [0, 0.1) is 0 Å². The number of alkyl halides is 2. The molecular formula is C8H16F2O. The molecular weight excluding hydrogens is 150 g/mol. The third-order valence-electron chi connectivity index (χ3n) is 1.42. The lowest BCUT2D eigenvalue weighted by Gasteiger charge is -2.08. The summed E-state index contributed by atoms with van der Waals surface area (Å²) in [6.45, 7) is 3.64. The number of hydrogen-bond donors (Lipinski definition) is 0. The second-order valence-corrected chi connectivity index (χ2v) is 2.62. The van der Waals surface area contributed by atoms with E-state index in [9.17, 15) is 8.78 Å². The van der Waals surface area contributed by atoms with Crippen LogP contribution < -0.4 is 0 Å². The van der Waals surface area contributed by atoms with Gasteiger partial charge in [-0.25, -0.2) is 8.78 Å². The van der Waals surface area contributed by atoms with Crippen LogP contribution in [0.15, 0.2) is 0 Å². The summed E-state index contributed by atoms with van der Waals surface area (Å²) in [5.41, 5.74) is 0. The summed E-state index contributed by atoms with van der Waals surface area (Å²) in [4.78, 5) is 0. The molecule has 0 saturated carbocycles. The maximum atomic E-state index is 12.5. The van der Waals surface area contributed by atoms with Crippen molar-refractivity contribution in [1.29, 1.82) is 0 Å². The molecule has 11 heavy (non-hydrogen) atoms. The summed E-state index contributed by atoms with van der Waals surface area (Å²) in [6, 6.07) is 0. The topological polar surface area (TPSA) is 9.23 Å². The van der Waals surface area contributed by atoms with Crippen molar-refractivity contribution in [2.45, 2.75) is 39.0 Å². The minimum atomic E-state index is -1.47. The van der Waals surface area contributed by atoms with Gasteiger partial charge in [-0.1, -0.05) is 13.3 Å². The van der Waals surface area contributed by atoms with Crippen LogP contribution in [0.3, 0.4) is 0 Å². The van der Waals surface area contributed by atoms with E-state index in [4.69, 9.17) is 4.74 Å². The van der Waals surface area contributed by atoms with Crippen molar-refractivity contribution in [3.63, 3.8) is 0 Å². The minimum Gasteiger partial charge on any atom is -0.378 e. The average Bonchev–Trinajstić information content (AvgIpc) is 1.97. The van der Waals surface area contributed by atoms with Crippen LogP contribution in [-0.2, 0) is 4.74 Å². The monoisotopic (exact) mass is 166 g/mol.